The van der Waals surface area contributed by atoms with Crippen molar-refractivity contribution in [2.24, 2.45) is 5.92 Å². The predicted molar refractivity (Wildman–Crippen MR) is 61.9 cm³/mol. The lowest BCUT2D eigenvalue weighted by molar-refractivity contribution is 0.219. The number of ether oxygens (including phenoxy) is 1. The van der Waals surface area contributed by atoms with E-state index in [2.05, 4.69) is 5.32 Å². The first kappa shape index (κ1) is 11.2. The molecule has 1 aliphatic rings. The van der Waals surface area contributed by atoms with Crippen LogP contribution >= 0.6 is 0 Å². The van der Waals surface area contributed by atoms with Crippen molar-refractivity contribution in [3.63, 3.8) is 0 Å². The number of halogens is 1. The zero-order valence-corrected chi connectivity index (χ0v) is 9.21. The Bertz CT molecular complexity index is 351. The highest BCUT2D eigenvalue weighted by Crippen LogP contribution is 2.23. The van der Waals surface area contributed by atoms with Crippen molar-refractivity contribution < 1.29 is 9.13 Å². The Labute approximate surface area is 94.8 Å². The highest BCUT2D eigenvalue weighted by Gasteiger charge is 2.14. The summed E-state index contributed by atoms with van der Waals surface area (Å²) >= 11 is 0. The van der Waals surface area contributed by atoms with E-state index in [-0.39, 0.29) is 5.82 Å². The van der Waals surface area contributed by atoms with E-state index in [4.69, 9.17) is 10.5 Å². The number of anilines is 1. The average molecular weight is 224 g/mol. The monoisotopic (exact) mass is 224 g/mol. The van der Waals surface area contributed by atoms with Crippen molar-refractivity contribution in [3.05, 3.63) is 24.0 Å². The van der Waals surface area contributed by atoms with Gasteiger partial charge >= 0.3 is 0 Å². The Hall–Kier alpha value is -1.29. The lowest BCUT2D eigenvalue weighted by Gasteiger charge is -2.23. The molecule has 4 heteroatoms. The maximum Gasteiger partial charge on any atom is 0.145 e. The van der Waals surface area contributed by atoms with Crippen LogP contribution in [-0.4, -0.2) is 19.7 Å². The molecule has 1 aromatic rings. The van der Waals surface area contributed by atoms with Crippen LogP contribution in [0.15, 0.2) is 18.2 Å². The second kappa shape index (κ2) is 5.16. The van der Waals surface area contributed by atoms with Gasteiger partial charge < -0.3 is 15.8 Å². The van der Waals surface area contributed by atoms with Crippen LogP contribution in [0.25, 0.3) is 0 Å². The highest BCUT2D eigenvalue weighted by molar-refractivity contribution is 5.52. The third kappa shape index (κ3) is 2.85. The Morgan fingerprint density at radius 2 is 2.38 bits per heavy atom. The summed E-state index contributed by atoms with van der Waals surface area (Å²) in [4.78, 5) is 0. The number of nitrogen functional groups attached to an aromatic ring is 1. The van der Waals surface area contributed by atoms with Crippen molar-refractivity contribution in [2.75, 3.05) is 25.4 Å². The molecule has 16 heavy (non-hydrogen) atoms. The quantitative estimate of drug-likeness (QED) is 0.769. The molecule has 3 nitrogen and oxygen atoms in total. The fraction of sp³-hybridized carbons (Fsp3) is 0.500. The van der Waals surface area contributed by atoms with Gasteiger partial charge in [-0.15, -0.1) is 0 Å². The van der Waals surface area contributed by atoms with E-state index < -0.39 is 0 Å². The average Bonchev–Trinajstić information content (AvgIpc) is 2.32. The summed E-state index contributed by atoms with van der Waals surface area (Å²) in [7, 11) is 0. The highest BCUT2D eigenvalue weighted by atomic mass is 19.1. The number of nitrogens with two attached hydrogens (primary N) is 1. The first-order chi connectivity index (χ1) is 7.75. The van der Waals surface area contributed by atoms with Crippen molar-refractivity contribution in [1.29, 1.82) is 0 Å². The summed E-state index contributed by atoms with van der Waals surface area (Å²) in [6.07, 6.45) is 2.33. The zero-order chi connectivity index (χ0) is 11.4. The minimum atomic E-state index is -0.314. The predicted octanol–water partition coefficient (Wildman–Crippen LogP) is 1.79. The molecule has 3 N–H and O–H groups in total. The first-order valence-corrected chi connectivity index (χ1v) is 5.64. The number of rotatable bonds is 3. The molecule has 1 heterocycles. The lowest BCUT2D eigenvalue weighted by Crippen LogP contribution is -2.33. The zero-order valence-electron chi connectivity index (χ0n) is 9.21. The van der Waals surface area contributed by atoms with E-state index >= 15 is 0 Å². The van der Waals surface area contributed by atoms with Gasteiger partial charge in [0.15, 0.2) is 0 Å². The molecule has 0 radical (unpaired) electrons. The van der Waals surface area contributed by atoms with Crippen LogP contribution < -0.4 is 15.8 Å². The molecule has 0 amide bonds. The smallest absolute Gasteiger partial charge is 0.145 e. The third-order valence-electron chi connectivity index (χ3n) is 2.85. The van der Waals surface area contributed by atoms with Gasteiger partial charge in [-0.25, -0.2) is 4.39 Å². The van der Waals surface area contributed by atoms with Gasteiger partial charge in [-0.3, -0.25) is 0 Å². The molecule has 1 atom stereocenters. The van der Waals surface area contributed by atoms with Gasteiger partial charge in [0.2, 0.25) is 0 Å². The lowest BCUT2D eigenvalue weighted by atomic mass is 10.0. The number of hydrogen-bond donors (Lipinski definition) is 2. The van der Waals surface area contributed by atoms with Crippen LogP contribution in [0.2, 0.25) is 0 Å². The van der Waals surface area contributed by atoms with Crippen LogP contribution in [0.4, 0.5) is 10.1 Å². The Kier molecular flexibility index (Phi) is 3.62. The van der Waals surface area contributed by atoms with Crippen LogP contribution in [0.5, 0.6) is 5.75 Å². The molecule has 0 aromatic heterocycles. The van der Waals surface area contributed by atoms with E-state index in [0.717, 1.165) is 19.5 Å². The third-order valence-corrected chi connectivity index (χ3v) is 2.85. The van der Waals surface area contributed by atoms with Gasteiger partial charge in [-0.2, -0.15) is 0 Å². The fourth-order valence-electron chi connectivity index (χ4n) is 1.91. The fourth-order valence-corrected chi connectivity index (χ4v) is 1.91. The molecule has 2 rings (SSSR count). The van der Waals surface area contributed by atoms with Gasteiger partial charge in [-0.1, -0.05) is 0 Å². The molecule has 0 aliphatic carbocycles. The van der Waals surface area contributed by atoms with Crippen molar-refractivity contribution in [3.8, 4) is 5.75 Å². The molecule has 0 saturated carbocycles. The van der Waals surface area contributed by atoms with Crippen LogP contribution in [-0.2, 0) is 0 Å². The molecule has 0 bridgehead atoms. The molecule has 88 valence electrons. The van der Waals surface area contributed by atoms with Crippen molar-refractivity contribution >= 4 is 5.69 Å². The summed E-state index contributed by atoms with van der Waals surface area (Å²) < 4.78 is 18.5. The summed E-state index contributed by atoms with van der Waals surface area (Å²) in [6.45, 7) is 2.65. The molecular formula is C12H17FN2O. The summed E-state index contributed by atoms with van der Waals surface area (Å²) in [5, 5.41) is 3.31. The van der Waals surface area contributed by atoms with E-state index in [0.29, 0.717) is 24.0 Å². The maximum atomic E-state index is 13.0. The second-order valence-electron chi connectivity index (χ2n) is 4.21. The van der Waals surface area contributed by atoms with Gasteiger partial charge in [0, 0.05) is 18.5 Å². The molecule has 1 aromatic carbocycles. The largest absolute Gasteiger partial charge is 0.491 e. The molecule has 0 spiro atoms. The number of hydrogen-bond acceptors (Lipinski definition) is 3. The van der Waals surface area contributed by atoms with Gasteiger partial charge in [0.05, 0.1) is 12.3 Å². The first-order valence-electron chi connectivity index (χ1n) is 5.64. The summed E-state index contributed by atoms with van der Waals surface area (Å²) in [5.74, 6) is 0.632. The van der Waals surface area contributed by atoms with Gasteiger partial charge in [0.25, 0.3) is 0 Å². The number of piperidine rings is 1. The minimum Gasteiger partial charge on any atom is -0.491 e. The molecule has 1 fully saturated rings. The van der Waals surface area contributed by atoms with Crippen LogP contribution in [0.1, 0.15) is 12.8 Å². The van der Waals surface area contributed by atoms with E-state index in [1.54, 1.807) is 0 Å². The molecule has 1 aliphatic heterocycles. The maximum absolute atomic E-state index is 13.0. The second-order valence-corrected chi connectivity index (χ2v) is 4.21. The van der Waals surface area contributed by atoms with Crippen molar-refractivity contribution in [1.82, 2.24) is 5.32 Å². The van der Waals surface area contributed by atoms with E-state index in [1.807, 2.05) is 0 Å². The Morgan fingerprint density at radius 1 is 1.50 bits per heavy atom. The summed E-state index contributed by atoms with van der Waals surface area (Å²) in [6, 6.07) is 4.21. The van der Waals surface area contributed by atoms with E-state index in [1.165, 1.54) is 24.6 Å². The molecule has 1 unspecified atom stereocenters. The minimum absolute atomic E-state index is 0.314. The van der Waals surface area contributed by atoms with Gasteiger partial charge in [0.1, 0.15) is 11.6 Å². The number of nitrogens with one attached hydrogen (secondary N) is 1. The van der Waals surface area contributed by atoms with E-state index in [9.17, 15) is 4.39 Å². The van der Waals surface area contributed by atoms with Crippen LogP contribution in [0, 0.1) is 11.7 Å². The Morgan fingerprint density at radius 3 is 3.12 bits per heavy atom. The standard InChI is InChI=1S/C12H17FN2O/c13-10-3-4-11(14)12(6-10)16-8-9-2-1-5-15-7-9/h3-4,6,9,15H,1-2,5,7-8,14H2. The normalized spacial score (nSPS) is 20.7. The topological polar surface area (TPSA) is 47.3 Å². The van der Waals surface area contributed by atoms with Crippen molar-refractivity contribution in [2.45, 2.75) is 12.8 Å². The number of benzene rings is 1. The van der Waals surface area contributed by atoms with Crippen LogP contribution in [0.3, 0.4) is 0 Å². The van der Waals surface area contributed by atoms with Gasteiger partial charge in [-0.05, 0) is 31.5 Å². The Balaban J connectivity index is 1.90. The SMILES string of the molecule is Nc1ccc(F)cc1OCC1CCCNC1. The molecule has 1 saturated heterocycles. The molecular weight excluding hydrogens is 207 g/mol. The summed E-state index contributed by atoms with van der Waals surface area (Å²) in [5.41, 5.74) is 6.19.